The molecule has 6 heteroatoms. The Morgan fingerprint density at radius 1 is 1.29 bits per heavy atom. The van der Waals surface area contributed by atoms with Gasteiger partial charge in [0.05, 0.1) is 0 Å². The van der Waals surface area contributed by atoms with E-state index in [1.54, 1.807) is 0 Å². The molecule has 0 fully saturated rings. The van der Waals surface area contributed by atoms with E-state index in [1.807, 2.05) is 0 Å². The molecular weight excluding hydrogens is 283 g/mol. The van der Waals surface area contributed by atoms with E-state index in [0.29, 0.717) is 5.02 Å². The molecule has 0 aromatic heterocycles. The van der Waals surface area contributed by atoms with E-state index in [1.165, 1.54) is 38.1 Å². The number of alkyl halides is 1. The molecule has 0 aliphatic heterocycles. The number of sulfone groups is 1. The van der Waals surface area contributed by atoms with Crippen LogP contribution in [0.3, 0.4) is 0 Å². The number of carbonyl (C=O) groups excluding carboxylic acids is 1. The van der Waals surface area contributed by atoms with Crippen molar-refractivity contribution in [2.45, 2.75) is 18.1 Å². The van der Waals surface area contributed by atoms with Gasteiger partial charge in [-0.3, -0.25) is 4.79 Å². The number of halogens is 2. The molecule has 0 bridgehead atoms. The highest BCUT2D eigenvalue weighted by atomic mass is 35.5. The zero-order valence-electron chi connectivity index (χ0n) is 9.41. The molecule has 0 aliphatic rings. The van der Waals surface area contributed by atoms with Crippen molar-refractivity contribution >= 4 is 38.8 Å². The van der Waals surface area contributed by atoms with Gasteiger partial charge in [0.25, 0.3) is 0 Å². The summed E-state index contributed by atoms with van der Waals surface area (Å²) in [5.41, 5.74) is 0.226. The highest BCUT2D eigenvalue weighted by molar-refractivity contribution is 7.95. The first-order valence-corrected chi connectivity index (χ1v) is 7.34. The summed E-state index contributed by atoms with van der Waals surface area (Å²) in [5.74, 6) is -0.829. The molecule has 3 nitrogen and oxygen atoms in total. The summed E-state index contributed by atoms with van der Waals surface area (Å²) in [5, 5.41) is 0.469. The second-order valence-corrected chi connectivity index (χ2v) is 7.70. The van der Waals surface area contributed by atoms with Gasteiger partial charge >= 0.3 is 0 Å². The maximum absolute atomic E-state index is 12.0. The molecule has 0 radical (unpaired) electrons. The zero-order chi connectivity index (χ0) is 13.3. The molecule has 0 spiro atoms. The van der Waals surface area contributed by atoms with Crippen LogP contribution in [0.1, 0.15) is 24.2 Å². The Hall–Kier alpha value is -0.580. The van der Waals surface area contributed by atoms with Crippen LogP contribution in [-0.4, -0.2) is 24.2 Å². The molecule has 94 valence electrons. The van der Waals surface area contributed by atoms with Crippen LogP contribution in [0, 0.1) is 0 Å². The fraction of sp³-hybridized carbons (Fsp3) is 0.364. The van der Waals surface area contributed by atoms with E-state index in [-0.39, 0.29) is 11.3 Å². The van der Waals surface area contributed by atoms with E-state index in [9.17, 15) is 13.2 Å². The van der Waals surface area contributed by atoms with Crippen LogP contribution in [0.4, 0.5) is 0 Å². The number of hydrogen-bond acceptors (Lipinski definition) is 3. The Morgan fingerprint density at radius 2 is 1.76 bits per heavy atom. The fourth-order valence-corrected chi connectivity index (χ4v) is 2.78. The van der Waals surface area contributed by atoms with Gasteiger partial charge in [-0.2, -0.15) is 0 Å². The smallest absolute Gasteiger partial charge is 0.205 e. The monoisotopic (exact) mass is 294 g/mol. The Kier molecular flexibility index (Phi) is 4.23. The average molecular weight is 295 g/mol. The average Bonchev–Trinajstić information content (AvgIpc) is 2.28. The van der Waals surface area contributed by atoms with Crippen LogP contribution in [0.2, 0.25) is 5.02 Å². The summed E-state index contributed by atoms with van der Waals surface area (Å²) < 4.78 is 21.5. The first-order valence-electron chi connectivity index (χ1n) is 4.94. The Labute approximate surface area is 111 Å². The van der Waals surface area contributed by atoms with Crippen molar-refractivity contribution in [3.8, 4) is 0 Å². The summed E-state index contributed by atoms with van der Waals surface area (Å²) >= 11 is 11.6. The van der Waals surface area contributed by atoms with Crippen LogP contribution >= 0.6 is 23.2 Å². The standard InChI is InChI=1S/C11H12Cl2O3S/c1-3-17(15,16)11(2,13)10(14)8-4-6-9(12)7-5-8/h4-7H,3H2,1-2H3. The third-order valence-corrected chi connectivity index (χ3v) is 5.72. The first kappa shape index (κ1) is 14.5. The minimum Gasteiger partial charge on any atom is -0.291 e. The molecule has 0 amide bonds. The molecule has 1 rings (SSSR count). The molecule has 0 heterocycles. The zero-order valence-corrected chi connectivity index (χ0v) is 11.7. The van der Waals surface area contributed by atoms with Crippen molar-refractivity contribution in [2.75, 3.05) is 5.75 Å². The van der Waals surface area contributed by atoms with E-state index in [0.717, 1.165) is 0 Å². The van der Waals surface area contributed by atoms with Gasteiger partial charge in [0.15, 0.2) is 15.6 Å². The summed E-state index contributed by atoms with van der Waals surface area (Å²) in [6.07, 6.45) is 0. The summed E-state index contributed by atoms with van der Waals surface area (Å²) in [6.45, 7) is 2.65. The lowest BCUT2D eigenvalue weighted by Crippen LogP contribution is -2.39. The van der Waals surface area contributed by atoms with E-state index in [2.05, 4.69) is 0 Å². The number of Topliss-reactive ketones (excluding diaryl/α,β-unsaturated/α-hetero) is 1. The fourth-order valence-electron chi connectivity index (χ4n) is 1.27. The normalized spacial score (nSPS) is 15.3. The Balaban J connectivity index is 3.18. The molecule has 1 unspecified atom stereocenters. The molecule has 0 saturated carbocycles. The second-order valence-electron chi connectivity index (χ2n) is 3.66. The largest absolute Gasteiger partial charge is 0.291 e. The van der Waals surface area contributed by atoms with Crippen molar-refractivity contribution in [1.29, 1.82) is 0 Å². The third-order valence-electron chi connectivity index (χ3n) is 2.48. The first-order chi connectivity index (χ1) is 7.72. The molecule has 0 N–H and O–H groups in total. The SMILES string of the molecule is CCS(=O)(=O)C(C)(Cl)C(=O)c1ccc(Cl)cc1. The van der Waals surface area contributed by atoms with Crippen LogP contribution in [0.25, 0.3) is 0 Å². The van der Waals surface area contributed by atoms with Crippen LogP contribution in [0.5, 0.6) is 0 Å². The molecular formula is C11H12Cl2O3S. The highest BCUT2D eigenvalue weighted by Gasteiger charge is 2.43. The number of benzene rings is 1. The number of ketones is 1. The molecule has 0 saturated heterocycles. The Bertz CT molecular complexity index is 518. The van der Waals surface area contributed by atoms with Crippen LogP contribution in [0.15, 0.2) is 24.3 Å². The van der Waals surface area contributed by atoms with Gasteiger partial charge in [-0.15, -0.1) is 0 Å². The molecule has 17 heavy (non-hydrogen) atoms. The lowest BCUT2D eigenvalue weighted by Gasteiger charge is -2.20. The van der Waals surface area contributed by atoms with Crippen molar-refractivity contribution in [1.82, 2.24) is 0 Å². The van der Waals surface area contributed by atoms with E-state index in [4.69, 9.17) is 23.2 Å². The highest BCUT2D eigenvalue weighted by Crippen LogP contribution is 2.28. The van der Waals surface area contributed by atoms with Crippen molar-refractivity contribution in [2.24, 2.45) is 0 Å². The van der Waals surface area contributed by atoms with Crippen LogP contribution in [-0.2, 0) is 9.84 Å². The predicted octanol–water partition coefficient (Wildman–Crippen LogP) is 2.91. The molecule has 1 aromatic carbocycles. The maximum atomic E-state index is 12.0. The van der Waals surface area contributed by atoms with Gasteiger partial charge in [-0.25, -0.2) is 8.42 Å². The van der Waals surface area contributed by atoms with Gasteiger partial charge in [-0.05, 0) is 31.2 Å². The lowest BCUT2D eigenvalue weighted by atomic mass is 10.1. The predicted molar refractivity (Wildman–Crippen MR) is 69.5 cm³/mol. The third kappa shape index (κ3) is 2.81. The van der Waals surface area contributed by atoms with Gasteiger partial charge in [0, 0.05) is 16.3 Å². The Morgan fingerprint density at radius 3 is 2.18 bits per heavy atom. The lowest BCUT2D eigenvalue weighted by molar-refractivity contribution is 0.0978. The van der Waals surface area contributed by atoms with Crippen LogP contribution < -0.4 is 0 Å². The number of hydrogen-bond donors (Lipinski definition) is 0. The topological polar surface area (TPSA) is 51.2 Å². The maximum Gasteiger partial charge on any atom is 0.205 e. The molecule has 1 aromatic rings. The van der Waals surface area contributed by atoms with Gasteiger partial charge in [-0.1, -0.05) is 30.1 Å². The van der Waals surface area contributed by atoms with Crippen molar-refractivity contribution in [3.05, 3.63) is 34.9 Å². The second kappa shape index (κ2) is 4.96. The summed E-state index contributed by atoms with van der Waals surface area (Å²) in [7, 11) is -3.67. The van der Waals surface area contributed by atoms with E-state index >= 15 is 0 Å². The summed E-state index contributed by atoms with van der Waals surface area (Å²) in [4.78, 5) is 12.0. The minimum atomic E-state index is -3.67. The number of rotatable bonds is 4. The number of carbonyl (C=O) groups is 1. The quantitative estimate of drug-likeness (QED) is 0.634. The van der Waals surface area contributed by atoms with Gasteiger partial charge in [0.2, 0.25) is 4.21 Å². The molecule has 1 atom stereocenters. The van der Waals surface area contributed by atoms with Gasteiger partial charge in [0.1, 0.15) is 0 Å². The van der Waals surface area contributed by atoms with Crippen molar-refractivity contribution < 1.29 is 13.2 Å². The minimum absolute atomic E-state index is 0.188. The van der Waals surface area contributed by atoms with E-state index < -0.39 is 19.8 Å². The molecule has 0 aliphatic carbocycles. The summed E-state index contributed by atoms with van der Waals surface area (Å²) in [6, 6.07) is 5.94. The van der Waals surface area contributed by atoms with Crippen molar-refractivity contribution in [3.63, 3.8) is 0 Å². The van der Waals surface area contributed by atoms with Gasteiger partial charge < -0.3 is 0 Å².